The number of aliphatic hydroxyl groups is 1. The fourth-order valence-electron chi connectivity index (χ4n) is 8.01. The second kappa shape index (κ2) is 37.3. The number of rotatable bonds is 39. The number of carboxylic acids is 2. The number of unbranched alkanes of at least 4 members (excludes halogenated alkanes) is 18. The summed E-state index contributed by atoms with van der Waals surface area (Å²) in [4.78, 5) is 43.1. The molecule has 1 saturated heterocycles. The molecule has 1 atom stereocenters. The molecule has 1 rings (SSSR count). The van der Waals surface area contributed by atoms with E-state index in [2.05, 4.69) is 72.7 Å². The summed E-state index contributed by atoms with van der Waals surface area (Å²) in [5.41, 5.74) is -1.33. The fourth-order valence-corrected chi connectivity index (χ4v) is 8.01. The number of piperazine rings is 1. The molecule has 0 saturated carbocycles. The molecule has 1 amide bonds. The third-order valence-electron chi connectivity index (χ3n) is 11.7. The molecule has 1 aliphatic rings. The van der Waals surface area contributed by atoms with Crippen LogP contribution >= 0.6 is 0 Å². The van der Waals surface area contributed by atoms with Crippen LogP contribution in [-0.4, -0.2) is 94.9 Å². The molecule has 1 heterocycles. The van der Waals surface area contributed by atoms with Gasteiger partial charge in [-0.05, 0) is 77.0 Å². The van der Waals surface area contributed by atoms with Gasteiger partial charge in [0.05, 0.1) is 31.0 Å². The summed E-state index contributed by atoms with van der Waals surface area (Å²) in [7, 11) is 0. The summed E-state index contributed by atoms with van der Waals surface area (Å²) in [6.07, 6.45) is 44.6. The van der Waals surface area contributed by atoms with E-state index in [1.165, 1.54) is 51.4 Å². The molecule has 9 nitrogen and oxygen atoms in total. The van der Waals surface area contributed by atoms with Gasteiger partial charge in [0.15, 0.2) is 0 Å². The Morgan fingerprint density at radius 2 is 0.966 bits per heavy atom. The van der Waals surface area contributed by atoms with Crippen molar-refractivity contribution in [3.63, 3.8) is 0 Å². The van der Waals surface area contributed by atoms with Gasteiger partial charge in [0.2, 0.25) is 5.91 Å². The van der Waals surface area contributed by atoms with Gasteiger partial charge in [0.1, 0.15) is 0 Å². The van der Waals surface area contributed by atoms with Crippen molar-refractivity contribution in [2.45, 2.75) is 193 Å². The number of aliphatic carboxylic acids is 2. The zero-order valence-electron chi connectivity index (χ0n) is 37.2. The Morgan fingerprint density at radius 3 is 1.36 bits per heavy atom. The first-order valence-corrected chi connectivity index (χ1v) is 23.7. The number of nitrogens with one attached hydrogen (secondary N) is 1. The monoisotopic (exact) mass is 814 g/mol. The van der Waals surface area contributed by atoms with E-state index in [1.54, 1.807) is 0 Å². The molecule has 1 fully saturated rings. The van der Waals surface area contributed by atoms with Crippen LogP contribution < -0.4 is 5.32 Å². The lowest BCUT2D eigenvalue weighted by atomic mass is 9.70. The van der Waals surface area contributed by atoms with Gasteiger partial charge in [-0.3, -0.25) is 24.2 Å². The summed E-state index contributed by atoms with van der Waals surface area (Å²) in [5.74, 6) is -2.41. The molecule has 9 heteroatoms. The molecule has 334 valence electrons. The van der Waals surface area contributed by atoms with E-state index in [-0.39, 0.29) is 19.1 Å². The van der Waals surface area contributed by atoms with E-state index in [0.717, 1.165) is 103 Å². The van der Waals surface area contributed by atoms with Gasteiger partial charge in [-0.15, -0.1) is 0 Å². The molecular formula is C49H87N3O6. The van der Waals surface area contributed by atoms with Crippen LogP contribution in [0.25, 0.3) is 0 Å². The Kier molecular flexibility index (Phi) is 34.2. The van der Waals surface area contributed by atoms with Gasteiger partial charge in [0.25, 0.3) is 0 Å². The summed E-state index contributed by atoms with van der Waals surface area (Å²) in [5, 5.41) is 33.1. The van der Waals surface area contributed by atoms with E-state index in [9.17, 15) is 29.7 Å². The van der Waals surface area contributed by atoms with Gasteiger partial charge < -0.3 is 20.6 Å². The van der Waals surface area contributed by atoms with Crippen LogP contribution in [0.1, 0.15) is 187 Å². The van der Waals surface area contributed by atoms with Crippen molar-refractivity contribution >= 4 is 17.8 Å². The Morgan fingerprint density at radius 1 is 0.569 bits per heavy atom. The van der Waals surface area contributed by atoms with Crippen molar-refractivity contribution in [3.8, 4) is 0 Å². The predicted molar refractivity (Wildman–Crippen MR) is 242 cm³/mol. The lowest BCUT2D eigenvalue weighted by Gasteiger charge is -2.38. The van der Waals surface area contributed by atoms with Crippen LogP contribution in [0, 0.1) is 5.41 Å². The smallest absolute Gasteiger partial charge is 0.311 e. The lowest BCUT2D eigenvalue weighted by molar-refractivity contribution is -0.154. The lowest BCUT2D eigenvalue weighted by Crippen LogP contribution is -2.56. The number of β-amino-alcohol motifs (C(OH)–C–C–N with tert-alkyl or cyclic N) is 1. The number of nitrogens with zero attached hydrogens (tertiary/aromatic N) is 2. The van der Waals surface area contributed by atoms with Crippen LogP contribution in [0.15, 0.2) is 48.6 Å². The molecule has 1 unspecified atom stereocenters. The number of allylic oxidation sites excluding steroid dienone is 8. The normalized spacial score (nSPS) is 15.1. The molecule has 0 aliphatic carbocycles. The maximum Gasteiger partial charge on any atom is 0.311 e. The summed E-state index contributed by atoms with van der Waals surface area (Å²) in [6.45, 7) is 8.08. The highest BCUT2D eigenvalue weighted by Crippen LogP contribution is 2.38. The van der Waals surface area contributed by atoms with Gasteiger partial charge in [0, 0.05) is 32.7 Å². The number of hydrogen-bond donors (Lipinski definition) is 4. The number of carbonyl (C=O) groups is 3. The number of carboxylic acid groups (broad SMARTS) is 2. The fraction of sp³-hybridized carbons (Fsp3) is 0.776. The quantitative estimate of drug-likeness (QED) is 0.0356. The van der Waals surface area contributed by atoms with Crippen molar-refractivity contribution in [3.05, 3.63) is 48.6 Å². The molecular weight excluding hydrogens is 727 g/mol. The highest BCUT2D eigenvalue weighted by molar-refractivity contribution is 5.83. The molecule has 0 aromatic rings. The van der Waals surface area contributed by atoms with Gasteiger partial charge in [-0.25, -0.2) is 0 Å². The summed E-state index contributed by atoms with van der Waals surface area (Å²) < 4.78 is 0. The Bertz CT molecular complexity index is 1100. The Hall–Kier alpha value is -2.75. The second-order valence-corrected chi connectivity index (χ2v) is 16.7. The Labute approximate surface area is 354 Å². The first-order valence-electron chi connectivity index (χ1n) is 23.7. The summed E-state index contributed by atoms with van der Waals surface area (Å²) >= 11 is 0. The number of amides is 1. The first-order chi connectivity index (χ1) is 28.3. The van der Waals surface area contributed by atoms with Crippen molar-refractivity contribution in [1.82, 2.24) is 15.1 Å². The molecule has 0 radical (unpaired) electrons. The maximum atomic E-state index is 13.4. The van der Waals surface area contributed by atoms with Crippen LogP contribution in [0.5, 0.6) is 0 Å². The van der Waals surface area contributed by atoms with Gasteiger partial charge in [-0.2, -0.15) is 0 Å². The van der Waals surface area contributed by atoms with Crippen molar-refractivity contribution in [2.24, 2.45) is 5.41 Å². The minimum Gasteiger partial charge on any atom is -0.481 e. The van der Waals surface area contributed by atoms with Crippen molar-refractivity contribution in [2.75, 3.05) is 45.9 Å². The van der Waals surface area contributed by atoms with Crippen LogP contribution in [0.3, 0.4) is 0 Å². The van der Waals surface area contributed by atoms with Gasteiger partial charge in [-0.1, -0.05) is 152 Å². The van der Waals surface area contributed by atoms with Crippen molar-refractivity contribution in [1.29, 1.82) is 0 Å². The second-order valence-electron chi connectivity index (χ2n) is 16.7. The molecule has 4 N–H and O–H groups in total. The minimum atomic E-state index is -1.33. The largest absolute Gasteiger partial charge is 0.481 e. The van der Waals surface area contributed by atoms with Gasteiger partial charge >= 0.3 is 11.9 Å². The molecule has 0 bridgehead atoms. The van der Waals surface area contributed by atoms with Crippen LogP contribution in [0.2, 0.25) is 0 Å². The van der Waals surface area contributed by atoms with Crippen LogP contribution in [0.4, 0.5) is 0 Å². The van der Waals surface area contributed by atoms with E-state index < -0.39 is 29.8 Å². The molecule has 1 aliphatic heterocycles. The number of carbonyl (C=O) groups excluding carboxylic acids is 1. The topological polar surface area (TPSA) is 130 Å². The Balaban J connectivity index is 2.70. The molecule has 58 heavy (non-hydrogen) atoms. The molecule has 0 aromatic carbocycles. The number of hydrogen-bond acceptors (Lipinski definition) is 6. The highest BCUT2D eigenvalue weighted by atomic mass is 16.4. The average molecular weight is 814 g/mol. The predicted octanol–water partition coefficient (Wildman–Crippen LogP) is 11.0. The zero-order chi connectivity index (χ0) is 42.4. The van der Waals surface area contributed by atoms with Crippen molar-refractivity contribution < 1.29 is 29.7 Å². The average Bonchev–Trinajstić information content (AvgIpc) is 3.20. The standard InChI is InChI=1S/C49H87N3O6/c1-3-5-7-9-11-13-15-17-19-21-23-25-27-29-31-33-35-49(48(57)58,36-34-32-30-28-26-24-22-20-18-16-14-12-10-8-6-4-2)45(43-47(55)56)50-46(54)44-52-39-37-51(38-40-52)41-42-53/h11-14,17-20,45,53H,3-10,15-16,21-44H2,1-2H3,(H,50,54)(H,55,56)(H,57,58)/b13-11-,14-12-,19-17-,20-18-. The van der Waals surface area contributed by atoms with E-state index in [1.807, 2.05) is 4.90 Å². The SMILES string of the molecule is CCCCC/C=C\C/C=C\CCCCCCCCC(CCCCCCCC/C=C\C/C=C\CCCCC)(C(=O)O)C(CC(=O)O)NC(=O)CN1CCN(CCO)CC1. The minimum absolute atomic E-state index is 0.0962. The third-order valence-corrected chi connectivity index (χ3v) is 11.7. The van der Waals surface area contributed by atoms with E-state index in [0.29, 0.717) is 45.3 Å². The third kappa shape index (κ3) is 27.8. The maximum absolute atomic E-state index is 13.4. The first kappa shape index (κ1) is 53.3. The van der Waals surface area contributed by atoms with Crippen LogP contribution in [-0.2, 0) is 14.4 Å². The highest BCUT2D eigenvalue weighted by Gasteiger charge is 2.46. The van der Waals surface area contributed by atoms with E-state index in [4.69, 9.17) is 0 Å². The number of aliphatic hydroxyl groups excluding tert-OH is 1. The molecule has 0 spiro atoms. The zero-order valence-corrected chi connectivity index (χ0v) is 37.2. The summed E-state index contributed by atoms with van der Waals surface area (Å²) in [6, 6.07) is -0.985. The van der Waals surface area contributed by atoms with E-state index >= 15 is 0 Å². The molecule has 0 aromatic heterocycles.